The summed E-state index contributed by atoms with van der Waals surface area (Å²) in [5.74, 6) is 0. The lowest BCUT2D eigenvalue weighted by molar-refractivity contribution is 1.76. The van der Waals surface area contributed by atoms with Crippen LogP contribution in [0.4, 0.5) is 20.7 Å². The smallest absolute Gasteiger partial charge is 0.119 e. The van der Waals surface area contributed by atoms with Crippen LogP contribution in [0.25, 0.3) is 18.8 Å². The number of rotatable bonds is 2. The Morgan fingerprint density at radius 3 is 2.58 bits per heavy atom. The molecule has 0 saturated carbocycles. The molecule has 4 aromatic heterocycles. The Morgan fingerprint density at radius 2 is 1.79 bits per heavy atom. The molecule has 7 heteroatoms. The zero-order valence-corrected chi connectivity index (χ0v) is 12.9. The first-order valence-corrected chi connectivity index (χ1v) is 8.85. The minimum atomic E-state index is 0.853. The van der Waals surface area contributed by atoms with Crippen LogP contribution in [-0.2, 0) is 0 Å². The molecule has 0 unspecified atom stereocenters. The van der Waals surface area contributed by atoms with Gasteiger partial charge in [0.15, 0.2) is 0 Å². The second-order valence-electron chi connectivity index (χ2n) is 4.07. The van der Waals surface area contributed by atoms with Gasteiger partial charge in [0, 0.05) is 14.1 Å². The second kappa shape index (κ2) is 4.11. The van der Waals surface area contributed by atoms with Crippen molar-refractivity contribution in [3.8, 4) is 0 Å². The number of nitrogens with one attached hydrogen (secondary N) is 1. The molecule has 0 spiro atoms. The van der Waals surface area contributed by atoms with Crippen LogP contribution < -0.4 is 16.8 Å². The molecule has 0 bridgehead atoms. The summed E-state index contributed by atoms with van der Waals surface area (Å²) in [6.07, 6.45) is 0. The average Bonchev–Trinajstić information content (AvgIpc) is 3.04. The molecule has 4 aromatic rings. The highest BCUT2D eigenvalue weighted by molar-refractivity contribution is 7.32. The van der Waals surface area contributed by atoms with Gasteiger partial charge in [-0.15, -0.1) is 45.3 Å². The van der Waals surface area contributed by atoms with Gasteiger partial charge in [0.1, 0.15) is 5.00 Å². The monoisotopic (exact) mass is 323 g/mol. The summed E-state index contributed by atoms with van der Waals surface area (Å²) >= 11 is 6.71. The van der Waals surface area contributed by atoms with E-state index in [0.29, 0.717) is 0 Å². The molecule has 0 radical (unpaired) electrons. The van der Waals surface area contributed by atoms with Crippen LogP contribution >= 0.6 is 45.3 Å². The number of hydrogen-bond donors (Lipinski definition) is 3. The summed E-state index contributed by atoms with van der Waals surface area (Å²) in [4.78, 5) is 0. The molecule has 0 aromatic carbocycles. The molecular formula is C12H9N3S4. The van der Waals surface area contributed by atoms with Crippen molar-refractivity contribution in [3.05, 3.63) is 23.6 Å². The van der Waals surface area contributed by atoms with E-state index in [1.54, 1.807) is 45.3 Å². The number of nitrogens with two attached hydrogens (primary N) is 2. The molecule has 5 N–H and O–H groups in total. The standard InChI is InChI=1S/C12H9N3S4/c13-8-3-6-7(17-8)4-9(18-6)15-12-10(14)11-5(19-12)1-2-16-11/h1-4,15H,13-14H2. The summed E-state index contributed by atoms with van der Waals surface area (Å²) in [5.41, 5.74) is 12.8. The molecule has 96 valence electrons. The van der Waals surface area contributed by atoms with Gasteiger partial charge in [-0.1, -0.05) is 0 Å². The molecule has 3 nitrogen and oxygen atoms in total. The van der Waals surface area contributed by atoms with Crippen LogP contribution in [0.2, 0.25) is 0 Å². The largest absolute Gasteiger partial charge is 0.395 e. The van der Waals surface area contributed by atoms with E-state index >= 15 is 0 Å². The van der Waals surface area contributed by atoms with Crippen LogP contribution in [0.3, 0.4) is 0 Å². The molecule has 0 aliphatic rings. The Bertz CT molecular complexity index is 848. The van der Waals surface area contributed by atoms with E-state index in [1.165, 1.54) is 18.8 Å². The Labute approximate surface area is 125 Å². The highest BCUT2D eigenvalue weighted by Gasteiger charge is 2.12. The topological polar surface area (TPSA) is 64.1 Å². The van der Waals surface area contributed by atoms with Gasteiger partial charge in [-0.3, -0.25) is 0 Å². The quantitative estimate of drug-likeness (QED) is 0.478. The van der Waals surface area contributed by atoms with Crippen LogP contribution in [0.15, 0.2) is 23.6 Å². The predicted octanol–water partition coefficient (Wildman–Crippen LogP) is 5.15. The number of fused-ring (bicyclic) bond motifs is 2. The summed E-state index contributed by atoms with van der Waals surface area (Å²) in [5, 5.41) is 8.51. The molecule has 4 heterocycles. The SMILES string of the molecule is Nc1cc2sc(Nc3sc4ccsc4c3N)cc2s1. The molecule has 0 aliphatic heterocycles. The van der Waals surface area contributed by atoms with Gasteiger partial charge in [0.2, 0.25) is 0 Å². The average molecular weight is 323 g/mol. The first-order valence-electron chi connectivity index (χ1n) is 5.52. The Hall–Kier alpha value is -1.28. The van der Waals surface area contributed by atoms with Gasteiger partial charge in [0.25, 0.3) is 0 Å². The van der Waals surface area contributed by atoms with E-state index in [9.17, 15) is 0 Å². The van der Waals surface area contributed by atoms with E-state index in [1.807, 2.05) is 6.07 Å². The summed E-state index contributed by atoms with van der Waals surface area (Å²) in [7, 11) is 0. The zero-order valence-electron chi connectivity index (χ0n) is 9.60. The van der Waals surface area contributed by atoms with Crippen molar-refractivity contribution in [2.45, 2.75) is 0 Å². The maximum absolute atomic E-state index is 6.17. The maximum Gasteiger partial charge on any atom is 0.119 e. The third kappa shape index (κ3) is 1.81. The van der Waals surface area contributed by atoms with Crippen molar-refractivity contribution in [2.75, 3.05) is 16.8 Å². The molecule has 0 amide bonds. The zero-order chi connectivity index (χ0) is 13.0. The fourth-order valence-electron chi connectivity index (χ4n) is 1.96. The number of nitrogen functional groups attached to an aromatic ring is 2. The molecule has 0 aliphatic carbocycles. The maximum atomic E-state index is 6.17. The Balaban J connectivity index is 1.74. The minimum absolute atomic E-state index is 0.853. The molecule has 19 heavy (non-hydrogen) atoms. The molecule has 0 fully saturated rings. The van der Waals surface area contributed by atoms with Crippen molar-refractivity contribution in [3.63, 3.8) is 0 Å². The van der Waals surface area contributed by atoms with Crippen molar-refractivity contribution in [2.24, 2.45) is 0 Å². The first kappa shape index (κ1) is 11.5. The molecule has 0 atom stereocenters. The predicted molar refractivity (Wildman–Crippen MR) is 91.5 cm³/mol. The normalized spacial score (nSPS) is 11.6. The van der Waals surface area contributed by atoms with Gasteiger partial charge in [-0.2, -0.15) is 0 Å². The van der Waals surface area contributed by atoms with E-state index in [0.717, 1.165) is 20.7 Å². The molecule has 4 rings (SSSR count). The highest BCUT2D eigenvalue weighted by Crippen LogP contribution is 2.45. The van der Waals surface area contributed by atoms with Crippen molar-refractivity contribution in [1.29, 1.82) is 0 Å². The van der Waals surface area contributed by atoms with Crippen LogP contribution in [0.1, 0.15) is 0 Å². The first-order chi connectivity index (χ1) is 9.20. The Morgan fingerprint density at radius 1 is 0.947 bits per heavy atom. The fraction of sp³-hybridized carbons (Fsp3) is 0. The lowest BCUT2D eigenvalue weighted by atomic mass is 10.4. The van der Waals surface area contributed by atoms with Crippen molar-refractivity contribution < 1.29 is 0 Å². The highest BCUT2D eigenvalue weighted by atomic mass is 32.1. The van der Waals surface area contributed by atoms with Crippen molar-refractivity contribution >= 4 is 84.8 Å². The molecule has 0 saturated heterocycles. The van der Waals surface area contributed by atoms with E-state index in [2.05, 4.69) is 22.8 Å². The summed E-state index contributed by atoms with van der Waals surface area (Å²) in [6.45, 7) is 0. The van der Waals surface area contributed by atoms with Gasteiger partial charge < -0.3 is 16.8 Å². The van der Waals surface area contributed by atoms with E-state index < -0.39 is 0 Å². The number of thiophene rings is 4. The summed E-state index contributed by atoms with van der Waals surface area (Å²) in [6, 6.07) is 6.26. The third-order valence-corrected chi connectivity index (χ3v) is 6.99. The lowest BCUT2D eigenvalue weighted by Crippen LogP contribution is -1.89. The summed E-state index contributed by atoms with van der Waals surface area (Å²) < 4.78 is 4.87. The van der Waals surface area contributed by atoms with Crippen LogP contribution in [0, 0.1) is 0 Å². The van der Waals surface area contributed by atoms with Crippen LogP contribution in [-0.4, -0.2) is 0 Å². The van der Waals surface area contributed by atoms with E-state index in [4.69, 9.17) is 11.5 Å². The number of anilines is 4. The lowest BCUT2D eigenvalue weighted by Gasteiger charge is -2.00. The van der Waals surface area contributed by atoms with E-state index in [-0.39, 0.29) is 0 Å². The van der Waals surface area contributed by atoms with Gasteiger partial charge in [0.05, 0.1) is 20.4 Å². The fourth-order valence-corrected chi connectivity index (χ4v) is 6.21. The molecular weight excluding hydrogens is 314 g/mol. The van der Waals surface area contributed by atoms with Crippen molar-refractivity contribution in [1.82, 2.24) is 0 Å². The van der Waals surface area contributed by atoms with Gasteiger partial charge >= 0.3 is 0 Å². The number of hydrogen-bond acceptors (Lipinski definition) is 7. The second-order valence-corrected chi connectivity index (χ2v) is 8.24. The van der Waals surface area contributed by atoms with Crippen LogP contribution in [0.5, 0.6) is 0 Å². The Kier molecular flexibility index (Phi) is 2.49. The van der Waals surface area contributed by atoms with Gasteiger partial charge in [-0.25, -0.2) is 0 Å². The minimum Gasteiger partial charge on any atom is -0.395 e. The van der Waals surface area contributed by atoms with Gasteiger partial charge in [-0.05, 0) is 23.6 Å². The third-order valence-electron chi connectivity index (χ3n) is 2.79.